The zero-order chi connectivity index (χ0) is 22.6. The van der Waals surface area contributed by atoms with E-state index in [1.807, 2.05) is 28.9 Å². The summed E-state index contributed by atoms with van der Waals surface area (Å²) in [5, 5.41) is 0. The molecule has 0 fully saturated rings. The van der Waals surface area contributed by atoms with Crippen LogP contribution in [0.2, 0.25) is 0 Å². The van der Waals surface area contributed by atoms with Gasteiger partial charge < -0.3 is 22.7 Å². The highest BCUT2D eigenvalue weighted by atomic mass is 32.3. The van der Waals surface area contributed by atoms with E-state index in [-0.39, 0.29) is 0 Å². The molecule has 0 saturated heterocycles. The summed E-state index contributed by atoms with van der Waals surface area (Å²) in [4.78, 5) is 2.03. The molecule has 0 aromatic carbocycles. The molecule has 0 aromatic rings. The van der Waals surface area contributed by atoms with Crippen LogP contribution in [0.5, 0.6) is 0 Å². The normalized spacial score (nSPS) is 16.2. The molecular weight excluding hydrogens is 468 g/mol. The first-order chi connectivity index (χ1) is 12.4. The van der Waals surface area contributed by atoms with Crippen LogP contribution in [0.25, 0.3) is 0 Å². The topological polar surface area (TPSA) is 114 Å². The van der Waals surface area contributed by atoms with E-state index >= 15 is 0 Å². The minimum atomic E-state index is -6.60. The summed E-state index contributed by atoms with van der Waals surface area (Å²) in [5.41, 5.74) is -12.3. The SMILES string of the molecule is CO[Si](OC)(OC)N1C=CN(C)C1.O=S(=O)(NS(=O)(=O)C(F)(F)F)C(F)(F)F. The summed E-state index contributed by atoms with van der Waals surface area (Å²) in [6.07, 6.45) is 3.88. The van der Waals surface area contributed by atoms with Crippen LogP contribution in [0, 0.1) is 0 Å². The lowest BCUT2D eigenvalue weighted by Crippen LogP contribution is -2.57. The molecule has 0 aliphatic carbocycles. The third-order valence-electron chi connectivity index (χ3n) is 2.83. The summed E-state index contributed by atoms with van der Waals surface area (Å²) in [6, 6.07) is 0. The number of nitrogens with zero attached hydrogens (tertiary/aromatic N) is 2. The third kappa shape index (κ3) is 6.45. The smallest absolute Gasteiger partial charge is 0.362 e. The van der Waals surface area contributed by atoms with Crippen molar-refractivity contribution in [2.45, 2.75) is 11.0 Å². The van der Waals surface area contributed by atoms with Gasteiger partial charge >= 0.3 is 40.0 Å². The Morgan fingerprint density at radius 2 is 1.21 bits per heavy atom. The van der Waals surface area contributed by atoms with Crippen molar-refractivity contribution in [1.29, 1.82) is 0 Å². The second kappa shape index (κ2) is 9.13. The first kappa shape index (κ1) is 26.9. The average Bonchev–Trinajstić information content (AvgIpc) is 2.94. The number of nitrogens with one attached hydrogen (secondary N) is 1. The molecule has 19 heteroatoms. The monoisotopic (exact) mass is 485 g/mol. The fourth-order valence-electron chi connectivity index (χ4n) is 1.55. The molecular formula is C9H17F6N3O7S2Si. The van der Waals surface area contributed by atoms with Gasteiger partial charge in [0.15, 0.2) is 0 Å². The third-order valence-corrected chi connectivity index (χ3v) is 8.35. The van der Waals surface area contributed by atoms with Gasteiger partial charge in [-0.3, -0.25) is 0 Å². The van der Waals surface area contributed by atoms with Crippen LogP contribution >= 0.6 is 0 Å². The molecule has 168 valence electrons. The summed E-state index contributed by atoms with van der Waals surface area (Å²) < 4.78 is 126. The van der Waals surface area contributed by atoms with Gasteiger partial charge in [0.2, 0.25) is 0 Å². The lowest BCUT2D eigenvalue weighted by atomic mass is 10.9. The summed E-state index contributed by atoms with van der Waals surface area (Å²) >= 11 is 0. The molecule has 1 aliphatic rings. The van der Waals surface area contributed by atoms with E-state index in [1.165, 1.54) is 0 Å². The van der Waals surface area contributed by atoms with Gasteiger partial charge in [-0.1, -0.05) is 4.13 Å². The van der Waals surface area contributed by atoms with Gasteiger partial charge in [-0.2, -0.15) is 26.3 Å². The largest absolute Gasteiger partial charge is 0.633 e. The first-order valence-corrected chi connectivity index (χ1v) is 11.2. The summed E-state index contributed by atoms with van der Waals surface area (Å²) in [5.74, 6) is 0. The Balaban J connectivity index is 0.000000525. The number of rotatable bonds is 6. The minimum absolute atomic E-state index is 0.493. The standard InChI is InChI=1S/C7H16N2O3Si.C2HF6NO4S2/c1-8-5-6-9(7-8)13(10-2,11-3)12-4;3-1(4,5)14(10,11)9-15(12,13)2(6,7)8/h5-6H,7H2,1-4H3;9H. The molecule has 1 heterocycles. The highest BCUT2D eigenvalue weighted by Gasteiger charge is 2.55. The van der Waals surface area contributed by atoms with Gasteiger partial charge in [-0.25, -0.2) is 16.8 Å². The minimum Gasteiger partial charge on any atom is -0.362 e. The molecule has 10 nitrogen and oxygen atoms in total. The molecule has 1 aliphatic heterocycles. The number of halogens is 6. The Morgan fingerprint density at radius 1 is 0.857 bits per heavy atom. The van der Waals surface area contributed by atoms with E-state index in [9.17, 15) is 43.2 Å². The maximum absolute atomic E-state index is 11.5. The van der Waals surface area contributed by atoms with E-state index in [0.29, 0.717) is 0 Å². The maximum atomic E-state index is 11.5. The zero-order valence-electron chi connectivity index (χ0n) is 14.7. The van der Waals surface area contributed by atoms with Crippen LogP contribution in [0.15, 0.2) is 12.4 Å². The predicted octanol–water partition coefficient (Wildman–Crippen LogP) is 0.312. The molecule has 0 atom stereocenters. The van der Waals surface area contributed by atoms with E-state index < -0.39 is 44.2 Å². The molecule has 0 aromatic heterocycles. The number of alkyl halides is 6. The van der Waals surface area contributed by atoms with Crippen molar-refractivity contribution in [3.63, 3.8) is 0 Å². The van der Waals surface area contributed by atoms with Crippen LogP contribution in [0.4, 0.5) is 26.3 Å². The van der Waals surface area contributed by atoms with E-state index in [0.717, 1.165) is 6.67 Å². The first-order valence-electron chi connectivity index (χ1n) is 6.61. The van der Waals surface area contributed by atoms with Gasteiger partial charge in [0.1, 0.15) is 0 Å². The van der Waals surface area contributed by atoms with Crippen molar-refractivity contribution in [2.24, 2.45) is 0 Å². The molecule has 28 heavy (non-hydrogen) atoms. The van der Waals surface area contributed by atoms with Crippen LogP contribution < -0.4 is 4.13 Å². The van der Waals surface area contributed by atoms with Crippen molar-refractivity contribution in [1.82, 2.24) is 13.6 Å². The van der Waals surface area contributed by atoms with E-state index in [2.05, 4.69) is 0 Å². The fraction of sp³-hybridized carbons (Fsp3) is 0.778. The molecule has 1 rings (SSSR count). The van der Waals surface area contributed by atoms with Crippen LogP contribution in [-0.4, -0.2) is 81.3 Å². The van der Waals surface area contributed by atoms with Gasteiger partial charge in [-0.05, 0) is 0 Å². The van der Waals surface area contributed by atoms with Crippen molar-refractivity contribution < 1.29 is 56.5 Å². The quantitative estimate of drug-likeness (QED) is 0.419. The fourth-order valence-corrected chi connectivity index (χ4v) is 5.31. The van der Waals surface area contributed by atoms with Gasteiger partial charge in [0, 0.05) is 40.8 Å². The van der Waals surface area contributed by atoms with Crippen molar-refractivity contribution in [3.05, 3.63) is 12.4 Å². The zero-order valence-corrected chi connectivity index (χ0v) is 17.3. The van der Waals surface area contributed by atoms with Crippen LogP contribution in [0.3, 0.4) is 0 Å². The second-order valence-corrected chi connectivity index (χ2v) is 11.2. The molecule has 0 spiro atoms. The van der Waals surface area contributed by atoms with Gasteiger partial charge in [-0.15, -0.1) is 0 Å². The lowest BCUT2D eigenvalue weighted by Gasteiger charge is -2.32. The molecule has 0 radical (unpaired) electrons. The Morgan fingerprint density at radius 3 is 1.43 bits per heavy atom. The average molecular weight is 485 g/mol. The molecule has 0 unspecified atom stereocenters. The van der Waals surface area contributed by atoms with Gasteiger partial charge in [0.25, 0.3) is 0 Å². The molecule has 1 N–H and O–H groups in total. The van der Waals surface area contributed by atoms with E-state index in [1.54, 1.807) is 21.3 Å². The summed E-state index contributed by atoms with van der Waals surface area (Å²) in [6.45, 7) is 0.738. The molecule has 0 bridgehead atoms. The second-order valence-electron chi connectivity index (χ2n) is 4.78. The number of hydrogen-bond donors (Lipinski definition) is 1. The van der Waals surface area contributed by atoms with Crippen molar-refractivity contribution in [3.8, 4) is 0 Å². The van der Waals surface area contributed by atoms with Crippen molar-refractivity contribution >= 4 is 29.0 Å². The number of sulfonamides is 2. The number of hydrogen-bond acceptors (Lipinski definition) is 9. The Labute approximate surface area is 158 Å². The van der Waals surface area contributed by atoms with Crippen molar-refractivity contribution in [2.75, 3.05) is 35.0 Å². The Hall–Kier alpha value is -1.12. The highest BCUT2D eigenvalue weighted by molar-refractivity contribution is 8.05. The Kier molecular flexibility index (Phi) is 8.77. The van der Waals surface area contributed by atoms with Gasteiger partial charge in [0.05, 0.1) is 6.67 Å². The lowest BCUT2D eigenvalue weighted by molar-refractivity contribution is -0.0476. The van der Waals surface area contributed by atoms with E-state index in [4.69, 9.17) is 13.3 Å². The molecule has 0 amide bonds. The summed E-state index contributed by atoms with van der Waals surface area (Å²) in [7, 11) is -9.02. The highest BCUT2D eigenvalue weighted by Crippen LogP contribution is 2.27. The predicted molar refractivity (Wildman–Crippen MR) is 83.5 cm³/mol. The van der Waals surface area contributed by atoms with Crippen LogP contribution in [-0.2, 0) is 33.3 Å². The maximum Gasteiger partial charge on any atom is 0.633 e. The molecule has 0 saturated carbocycles. The Bertz CT molecular complexity index is 701. The van der Waals surface area contributed by atoms with Crippen LogP contribution in [0.1, 0.15) is 0 Å².